The fourth-order valence-corrected chi connectivity index (χ4v) is 2.08. The molecule has 0 aromatic carbocycles. The van der Waals surface area contributed by atoms with Crippen LogP contribution in [0.15, 0.2) is 35.1 Å². The van der Waals surface area contributed by atoms with Crippen LogP contribution in [0, 0.1) is 0 Å². The lowest BCUT2D eigenvalue weighted by molar-refractivity contribution is 0.273. The van der Waals surface area contributed by atoms with Gasteiger partial charge in [-0.05, 0) is 37.5 Å². The van der Waals surface area contributed by atoms with Crippen LogP contribution >= 0.6 is 0 Å². The van der Waals surface area contributed by atoms with Crippen molar-refractivity contribution in [1.29, 1.82) is 0 Å². The molecule has 19 heavy (non-hydrogen) atoms. The lowest BCUT2D eigenvalue weighted by Gasteiger charge is -2.16. The van der Waals surface area contributed by atoms with Gasteiger partial charge in [0.1, 0.15) is 17.4 Å². The van der Waals surface area contributed by atoms with Crippen LogP contribution in [-0.4, -0.2) is 21.7 Å². The quantitative estimate of drug-likeness (QED) is 0.834. The molecule has 5 heteroatoms. The summed E-state index contributed by atoms with van der Waals surface area (Å²) in [4.78, 5) is 8.81. The van der Waals surface area contributed by atoms with E-state index in [4.69, 9.17) is 9.52 Å². The minimum absolute atomic E-state index is 0.0676. The van der Waals surface area contributed by atoms with Gasteiger partial charge in [0.2, 0.25) is 0 Å². The Hall–Kier alpha value is -1.88. The van der Waals surface area contributed by atoms with Crippen LogP contribution in [0.3, 0.4) is 0 Å². The summed E-state index contributed by atoms with van der Waals surface area (Å²) in [5.41, 5.74) is 0. The van der Waals surface area contributed by atoms with E-state index in [2.05, 4.69) is 15.3 Å². The van der Waals surface area contributed by atoms with Gasteiger partial charge in [0.15, 0.2) is 0 Å². The fourth-order valence-electron chi connectivity index (χ4n) is 2.08. The number of nitrogens with one attached hydrogen (secondary N) is 1. The van der Waals surface area contributed by atoms with Crippen molar-refractivity contribution in [3.63, 3.8) is 0 Å². The number of rotatable bonds is 6. The average molecular weight is 259 g/mol. The molecule has 2 N–H and O–H groups in total. The SMILES string of the molecule is OCCC(Nc1ccnc(C2CC2)n1)c1ccco1. The summed E-state index contributed by atoms with van der Waals surface area (Å²) >= 11 is 0. The molecule has 1 atom stereocenters. The van der Waals surface area contributed by atoms with Crippen molar-refractivity contribution >= 4 is 5.82 Å². The van der Waals surface area contributed by atoms with E-state index in [0.29, 0.717) is 12.3 Å². The molecule has 2 aromatic heterocycles. The van der Waals surface area contributed by atoms with E-state index < -0.39 is 0 Å². The van der Waals surface area contributed by atoms with E-state index in [-0.39, 0.29) is 12.6 Å². The first-order chi connectivity index (χ1) is 9.36. The van der Waals surface area contributed by atoms with Gasteiger partial charge < -0.3 is 14.8 Å². The number of aromatic nitrogens is 2. The van der Waals surface area contributed by atoms with Crippen LogP contribution in [0.2, 0.25) is 0 Å². The van der Waals surface area contributed by atoms with Crippen LogP contribution in [0.1, 0.15) is 42.8 Å². The first-order valence-corrected chi connectivity index (χ1v) is 6.60. The van der Waals surface area contributed by atoms with E-state index in [1.165, 1.54) is 12.8 Å². The predicted molar refractivity (Wildman–Crippen MR) is 70.8 cm³/mol. The van der Waals surface area contributed by atoms with Gasteiger partial charge in [-0.25, -0.2) is 9.97 Å². The summed E-state index contributed by atoms with van der Waals surface area (Å²) in [7, 11) is 0. The van der Waals surface area contributed by atoms with Crippen molar-refractivity contribution in [3.8, 4) is 0 Å². The van der Waals surface area contributed by atoms with E-state index in [9.17, 15) is 0 Å². The minimum Gasteiger partial charge on any atom is -0.467 e. The Labute approximate surface area is 111 Å². The molecule has 0 radical (unpaired) electrons. The third-order valence-electron chi connectivity index (χ3n) is 3.24. The standard InChI is InChI=1S/C14H17N3O2/c18-8-6-11(12-2-1-9-19-12)16-13-5-7-15-14(17-13)10-3-4-10/h1-2,5,7,9-11,18H,3-4,6,8H2,(H,15,16,17). The Morgan fingerprint density at radius 3 is 3.00 bits per heavy atom. The van der Waals surface area contributed by atoms with Gasteiger partial charge in [0.25, 0.3) is 0 Å². The van der Waals surface area contributed by atoms with Crippen LogP contribution in [0.25, 0.3) is 0 Å². The van der Waals surface area contributed by atoms with Gasteiger partial charge in [-0.3, -0.25) is 0 Å². The minimum atomic E-state index is -0.0676. The molecule has 0 amide bonds. The highest BCUT2D eigenvalue weighted by atomic mass is 16.3. The molecule has 2 heterocycles. The Balaban J connectivity index is 1.75. The van der Waals surface area contributed by atoms with Crippen molar-refractivity contribution in [2.24, 2.45) is 0 Å². The molecule has 1 aliphatic carbocycles. The number of aliphatic hydroxyl groups excluding tert-OH is 1. The molecule has 0 saturated heterocycles. The number of hydrogen-bond acceptors (Lipinski definition) is 5. The van der Waals surface area contributed by atoms with Crippen LogP contribution in [-0.2, 0) is 0 Å². The lowest BCUT2D eigenvalue weighted by Crippen LogP contribution is -2.13. The summed E-state index contributed by atoms with van der Waals surface area (Å²) in [6.45, 7) is 0.0962. The molecule has 100 valence electrons. The largest absolute Gasteiger partial charge is 0.467 e. The van der Waals surface area contributed by atoms with E-state index >= 15 is 0 Å². The summed E-state index contributed by atoms with van der Waals surface area (Å²) in [6, 6.07) is 5.52. The van der Waals surface area contributed by atoms with Crippen LogP contribution < -0.4 is 5.32 Å². The number of furan rings is 1. The third-order valence-corrected chi connectivity index (χ3v) is 3.24. The normalized spacial score (nSPS) is 16.3. The molecule has 5 nitrogen and oxygen atoms in total. The van der Waals surface area contributed by atoms with Gasteiger partial charge in [-0.1, -0.05) is 0 Å². The van der Waals surface area contributed by atoms with Gasteiger partial charge in [0.05, 0.1) is 12.3 Å². The highest BCUT2D eigenvalue weighted by molar-refractivity contribution is 5.36. The average Bonchev–Trinajstić information content (AvgIpc) is 3.14. The molecule has 0 aliphatic heterocycles. The zero-order chi connectivity index (χ0) is 13.1. The summed E-state index contributed by atoms with van der Waals surface area (Å²) < 4.78 is 5.39. The van der Waals surface area contributed by atoms with E-state index in [1.54, 1.807) is 12.5 Å². The smallest absolute Gasteiger partial charge is 0.133 e. The number of hydrogen-bond donors (Lipinski definition) is 2. The first kappa shape index (κ1) is 12.2. The molecule has 1 aliphatic rings. The summed E-state index contributed by atoms with van der Waals surface area (Å²) in [5.74, 6) is 3.03. The van der Waals surface area contributed by atoms with E-state index in [0.717, 1.165) is 17.4 Å². The van der Waals surface area contributed by atoms with Crippen LogP contribution in [0.5, 0.6) is 0 Å². The second-order valence-electron chi connectivity index (χ2n) is 4.80. The summed E-state index contributed by atoms with van der Waals surface area (Å²) in [5, 5.41) is 12.5. The van der Waals surface area contributed by atoms with Crippen molar-refractivity contribution in [3.05, 3.63) is 42.2 Å². The van der Waals surface area contributed by atoms with Crippen molar-refractivity contribution in [2.45, 2.75) is 31.2 Å². The molecule has 3 rings (SSSR count). The third kappa shape index (κ3) is 2.93. The van der Waals surface area contributed by atoms with Crippen molar-refractivity contribution in [2.75, 3.05) is 11.9 Å². The molecule has 0 bridgehead atoms. The van der Waals surface area contributed by atoms with Crippen LogP contribution in [0.4, 0.5) is 5.82 Å². The zero-order valence-corrected chi connectivity index (χ0v) is 10.6. The highest BCUT2D eigenvalue weighted by Gasteiger charge is 2.26. The Morgan fingerprint density at radius 2 is 2.32 bits per heavy atom. The molecule has 1 fully saturated rings. The number of nitrogens with zero attached hydrogens (tertiary/aromatic N) is 2. The highest BCUT2D eigenvalue weighted by Crippen LogP contribution is 2.38. The van der Waals surface area contributed by atoms with Gasteiger partial charge in [-0.2, -0.15) is 0 Å². The first-order valence-electron chi connectivity index (χ1n) is 6.60. The maximum atomic E-state index is 9.15. The monoisotopic (exact) mass is 259 g/mol. The van der Waals surface area contributed by atoms with Crippen molar-refractivity contribution in [1.82, 2.24) is 9.97 Å². The number of aliphatic hydroxyl groups is 1. The molecule has 1 saturated carbocycles. The zero-order valence-electron chi connectivity index (χ0n) is 10.6. The lowest BCUT2D eigenvalue weighted by atomic mass is 10.1. The van der Waals surface area contributed by atoms with Gasteiger partial charge in [0, 0.05) is 18.7 Å². The molecule has 1 unspecified atom stereocenters. The Bertz CT molecular complexity index is 523. The molecular weight excluding hydrogens is 242 g/mol. The fraction of sp³-hybridized carbons (Fsp3) is 0.429. The predicted octanol–water partition coefficient (Wildman–Crippen LogP) is 2.48. The van der Waals surface area contributed by atoms with Gasteiger partial charge in [-0.15, -0.1) is 0 Å². The molecule has 2 aromatic rings. The summed E-state index contributed by atoms with van der Waals surface area (Å²) in [6.07, 6.45) is 6.36. The Morgan fingerprint density at radius 1 is 1.42 bits per heavy atom. The Kier molecular flexibility index (Phi) is 3.46. The molecule has 0 spiro atoms. The second-order valence-corrected chi connectivity index (χ2v) is 4.80. The molecular formula is C14H17N3O2. The maximum absolute atomic E-state index is 9.15. The number of anilines is 1. The second kappa shape index (κ2) is 5.40. The van der Waals surface area contributed by atoms with Gasteiger partial charge >= 0.3 is 0 Å². The van der Waals surface area contributed by atoms with Crippen molar-refractivity contribution < 1.29 is 9.52 Å². The maximum Gasteiger partial charge on any atom is 0.133 e. The van der Waals surface area contributed by atoms with E-state index in [1.807, 2.05) is 18.2 Å². The topological polar surface area (TPSA) is 71.2 Å².